The minimum absolute atomic E-state index is 0.251. The van der Waals surface area contributed by atoms with Crippen LogP contribution in [-0.4, -0.2) is 50.2 Å². The first-order valence-electron chi connectivity index (χ1n) is 8.44. The number of ether oxygens (including phenoxy) is 1. The Hall–Kier alpha value is -1.39. The Balaban J connectivity index is 1.42. The van der Waals surface area contributed by atoms with Gasteiger partial charge in [-0.3, -0.25) is 9.69 Å². The summed E-state index contributed by atoms with van der Waals surface area (Å²) in [6.07, 6.45) is 4.58. The van der Waals surface area contributed by atoms with E-state index in [1.807, 2.05) is 11.0 Å². The number of benzene rings is 1. The van der Waals surface area contributed by atoms with Crippen LogP contribution in [0.25, 0.3) is 0 Å². The molecule has 0 aliphatic carbocycles. The Morgan fingerprint density at radius 3 is 3.00 bits per heavy atom. The van der Waals surface area contributed by atoms with Gasteiger partial charge >= 0.3 is 0 Å². The van der Waals surface area contributed by atoms with Gasteiger partial charge in [0.2, 0.25) is 5.91 Å². The summed E-state index contributed by atoms with van der Waals surface area (Å²) in [6.45, 7) is 5.22. The Labute approximate surface area is 132 Å². The predicted molar refractivity (Wildman–Crippen MR) is 86.0 cm³/mol. The van der Waals surface area contributed by atoms with Gasteiger partial charge < -0.3 is 9.64 Å². The molecule has 0 N–H and O–H groups in total. The molecule has 22 heavy (non-hydrogen) atoms. The van der Waals surface area contributed by atoms with E-state index < -0.39 is 0 Å². The lowest BCUT2D eigenvalue weighted by Crippen LogP contribution is -2.48. The van der Waals surface area contributed by atoms with Crippen molar-refractivity contribution in [2.24, 2.45) is 5.41 Å². The van der Waals surface area contributed by atoms with E-state index in [1.54, 1.807) is 0 Å². The zero-order valence-corrected chi connectivity index (χ0v) is 13.1. The third-order valence-electron chi connectivity index (χ3n) is 5.47. The standard InChI is InChI=1S/C18H24N2O2/c21-17(20-10-6-15-4-1-2-5-16(15)20)12-19-9-3-7-18(13-19)8-11-22-14-18/h1-2,4-5H,3,6-14H2/t18-/m1/s1. The maximum Gasteiger partial charge on any atom is 0.241 e. The van der Waals surface area contributed by atoms with Crippen molar-refractivity contribution in [3.63, 3.8) is 0 Å². The van der Waals surface area contributed by atoms with E-state index in [-0.39, 0.29) is 5.91 Å². The molecule has 3 aliphatic heterocycles. The van der Waals surface area contributed by atoms with Gasteiger partial charge in [0, 0.05) is 30.8 Å². The van der Waals surface area contributed by atoms with Gasteiger partial charge in [-0.15, -0.1) is 0 Å². The second kappa shape index (κ2) is 5.67. The molecular weight excluding hydrogens is 276 g/mol. The van der Waals surface area contributed by atoms with Crippen LogP contribution < -0.4 is 4.90 Å². The monoisotopic (exact) mass is 300 g/mol. The van der Waals surface area contributed by atoms with Gasteiger partial charge in [-0.1, -0.05) is 18.2 Å². The highest BCUT2D eigenvalue weighted by Crippen LogP contribution is 2.37. The fourth-order valence-electron chi connectivity index (χ4n) is 4.29. The van der Waals surface area contributed by atoms with Crippen molar-refractivity contribution < 1.29 is 9.53 Å². The van der Waals surface area contributed by atoms with Gasteiger partial charge in [-0.05, 0) is 43.9 Å². The van der Waals surface area contributed by atoms with E-state index in [4.69, 9.17) is 4.74 Å². The molecule has 1 aromatic rings. The number of carbonyl (C=O) groups is 1. The van der Waals surface area contributed by atoms with Crippen LogP contribution in [0, 0.1) is 5.41 Å². The maximum atomic E-state index is 12.7. The number of amides is 1. The Morgan fingerprint density at radius 2 is 2.14 bits per heavy atom. The molecule has 0 bridgehead atoms. The molecule has 4 nitrogen and oxygen atoms in total. The molecule has 0 radical (unpaired) electrons. The second-order valence-electron chi connectivity index (χ2n) is 7.04. The Kier molecular flexibility index (Phi) is 3.66. The number of anilines is 1. The molecule has 3 heterocycles. The highest BCUT2D eigenvalue weighted by Gasteiger charge is 2.39. The van der Waals surface area contributed by atoms with Crippen molar-refractivity contribution in [2.75, 3.05) is 44.3 Å². The van der Waals surface area contributed by atoms with Crippen molar-refractivity contribution in [3.05, 3.63) is 29.8 Å². The predicted octanol–water partition coefficient (Wildman–Crippen LogP) is 2.08. The number of rotatable bonds is 2. The van der Waals surface area contributed by atoms with Crippen LogP contribution in [0.2, 0.25) is 0 Å². The molecule has 2 fully saturated rings. The third-order valence-corrected chi connectivity index (χ3v) is 5.47. The van der Waals surface area contributed by atoms with Crippen LogP contribution >= 0.6 is 0 Å². The largest absolute Gasteiger partial charge is 0.381 e. The van der Waals surface area contributed by atoms with E-state index in [9.17, 15) is 4.79 Å². The third kappa shape index (κ3) is 2.55. The summed E-state index contributed by atoms with van der Waals surface area (Å²) in [5.74, 6) is 0.251. The lowest BCUT2D eigenvalue weighted by molar-refractivity contribution is -0.120. The molecule has 2 saturated heterocycles. The normalized spacial score (nSPS) is 28.3. The fourth-order valence-corrected chi connectivity index (χ4v) is 4.29. The average Bonchev–Trinajstić information content (AvgIpc) is 3.14. The molecule has 4 heteroatoms. The smallest absolute Gasteiger partial charge is 0.241 e. The molecule has 0 aromatic heterocycles. The lowest BCUT2D eigenvalue weighted by Gasteiger charge is -2.39. The summed E-state index contributed by atoms with van der Waals surface area (Å²) in [4.78, 5) is 17.1. The first kappa shape index (κ1) is 14.2. The second-order valence-corrected chi connectivity index (χ2v) is 7.04. The van der Waals surface area contributed by atoms with Gasteiger partial charge in [0.25, 0.3) is 0 Å². The number of hydrogen-bond acceptors (Lipinski definition) is 3. The van der Waals surface area contributed by atoms with Gasteiger partial charge in [0.05, 0.1) is 13.2 Å². The molecular formula is C18H24N2O2. The van der Waals surface area contributed by atoms with Crippen LogP contribution in [0.15, 0.2) is 24.3 Å². The highest BCUT2D eigenvalue weighted by molar-refractivity contribution is 5.96. The van der Waals surface area contributed by atoms with Crippen LogP contribution in [0.3, 0.4) is 0 Å². The number of hydrogen-bond donors (Lipinski definition) is 0. The summed E-state index contributed by atoms with van der Waals surface area (Å²) in [6, 6.07) is 8.29. The summed E-state index contributed by atoms with van der Waals surface area (Å²) >= 11 is 0. The minimum atomic E-state index is 0.251. The van der Waals surface area contributed by atoms with E-state index in [2.05, 4.69) is 23.1 Å². The number of fused-ring (bicyclic) bond motifs is 1. The quantitative estimate of drug-likeness (QED) is 0.838. The van der Waals surface area contributed by atoms with Gasteiger partial charge in [0.1, 0.15) is 0 Å². The first-order valence-corrected chi connectivity index (χ1v) is 8.44. The van der Waals surface area contributed by atoms with Crippen LogP contribution in [0.5, 0.6) is 0 Å². The topological polar surface area (TPSA) is 32.8 Å². The summed E-state index contributed by atoms with van der Waals surface area (Å²) in [5, 5.41) is 0. The van der Waals surface area contributed by atoms with Gasteiger partial charge in [-0.25, -0.2) is 0 Å². The summed E-state index contributed by atoms with van der Waals surface area (Å²) in [5.41, 5.74) is 2.74. The Bertz CT molecular complexity index is 566. The molecule has 1 atom stereocenters. The minimum Gasteiger partial charge on any atom is -0.381 e. The van der Waals surface area contributed by atoms with Crippen molar-refractivity contribution in [2.45, 2.75) is 25.7 Å². The SMILES string of the molecule is O=C(CN1CCC[C@@]2(CCOC2)C1)N1CCc2ccccc21. The van der Waals surface area contributed by atoms with E-state index in [0.29, 0.717) is 12.0 Å². The van der Waals surface area contributed by atoms with Crippen molar-refractivity contribution >= 4 is 11.6 Å². The number of nitrogens with zero attached hydrogens (tertiary/aromatic N) is 2. The lowest BCUT2D eigenvalue weighted by atomic mass is 9.79. The first-order chi connectivity index (χ1) is 10.8. The molecule has 1 spiro atoms. The van der Waals surface area contributed by atoms with E-state index in [1.165, 1.54) is 18.4 Å². The van der Waals surface area contributed by atoms with Crippen LogP contribution in [-0.2, 0) is 16.0 Å². The maximum absolute atomic E-state index is 12.7. The van der Waals surface area contributed by atoms with Gasteiger partial charge in [0.15, 0.2) is 0 Å². The summed E-state index contributed by atoms with van der Waals surface area (Å²) in [7, 11) is 0. The fraction of sp³-hybridized carbons (Fsp3) is 0.611. The molecule has 118 valence electrons. The highest BCUT2D eigenvalue weighted by atomic mass is 16.5. The summed E-state index contributed by atoms with van der Waals surface area (Å²) < 4.78 is 5.62. The van der Waals surface area contributed by atoms with Crippen molar-refractivity contribution in [3.8, 4) is 0 Å². The van der Waals surface area contributed by atoms with E-state index >= 15 is 0 Å². The van der Waals surface area contributed by atoms with Crippen molar-refractivity contribution in [1.29, 1.82) is 0 Å². The number of carbonyl (C=O) groups excluding carboxylic acids is 1. The number of piperidine rings is 1. The Morgan fingerprint density at radius 1 is 1.23 bits per heavy atom. The number of para-hydroxylation sites is 1. The van der Waals surface area contributed by atoms with Crippen LogP contribution in [0.1, 0.15) is 24.8 Å². The average molecular weight is 300 g/mol. The van der Waals surface area contributed by atoms with E-state index in [0.717, 1.165) is 51.4 Å². The molecule has 1 aromatic carbocycles. The molecule has 0 saturated carbocycles. The zero-order chi connectivity index (χ0) is 15.0. The van der Waals surface area contributed by atoms with Gasteiger partial charge in [-0.2, -0.15) is 0 Å². The molecule has 0 unspecified atom stereocenters. The molecule has 1 amide bonds. The molecule has 3 aliphatic rings. The van der Waals surface area contributed by atoms with Crippen LogP contribution in [0.4, 0.5) is 5.69 Å². The molecule has 4 rings (SSSR count). The zero-order valence-electron chi connectivity index (χ0n) is 13.1. The van der Waals surface area contributed by atoms with Crippen molar-refractivity contribution in [1.82, 2.24) is 4.90 Å². The number of likely N-dealkylation sites (tertiary alicyclic amines) is 1.